The molecule has 0 radical (unpaired) electrons. The van der Waals surface area contributed by atoms with Gasteiger partial charge >= 0.3 is 0 Å². The topological polar surface area (TPSA) is 74.1 Å². The maximum atomic E-state index is 6.25. The number of aliphatic imine (C=N–C) groups is 1. The zero-order valence-corrected chi connectivity index (χ0v) is 14.9. The molecule has 6 nitrogen and oxygen atoms in total. The van der Waals surface area contributed by atoms with Gasteiger partial charge in [-0.3, -0.25) is 4.40 Å². The van der Waals surface area contributed by atoms with Crippen molar-refractivity contribution in [2.45, 2.75) is 5.54 Å². The lowest BCUT2D eigenvalue weighted by Gasteiger charge is -2.34. The number of benzene rings is 2. The molecule has 2 aromatic carbocycles. The first kappa shape index (κ1) is 15.3. The zero-order valence-electron chi connectivity index (χ0n) is 14.9. The fraction of sp³-hybridized carbons (Fsp3) is 0.0909. The van der Waals surface area contributed by atoms with Crippen LogP contribution in [0.1, 0.15) is 11.1 Å². The van der Waals surface area contributed by atoms with Crippen molar-refractivity contribution < 1.29 is 9.47 Å². The van der Waals surface area contributed by atoms with Crippen LogP contribution in [-0.2, 0) is 10.3 Å². The zero-order chi connectivity index (χ0) is 18.7. The molecule has 136 valence electrons. The molecule has 2 aliphatic heterocycles. The van der Waals surface area contributed by atoms with Gasteiger partial charge in [0.2, 0.25) is 0 Å². The predicted octanol–water partition coefficient (Wildman–Crippen LogP) is 3.70. The fourth-order valence-corrected chi connectivity index (χ4v) is 4.24. The highest BCUT2D eigenvalue weighted by atomic mass is 16.5. The van der Waals surface area contributed by atoms with Crippen molar-refractivity contribution in [2.24, 2.45) is 10.7 Å². The van der Waals surface area contributed by atoms with Gasteiger partial charge in [-0.15, -0.1) is 0 Å². The molecule has 1 spiro atoms. The highest BCUT2D eigenvalue weighted by Crippen LogP contribution is 2.53. The highest BCUT2D eigenvalue weighted by molar-refractivity contribution is 5.80. The van der Waals surface area contributed by atoms with Crippen molar-refractivity contribution in [2.75, 3.05) is 6.61 Å². The molecule has 2 N–H and O–H groups in total. The summed E-state index contributed by atoms with van der Waals surface area (Å²) in [7, 11) is 0. The Bertz CT molecular complexity index is 1280. The first-order chi connectivity index (χ1) is 13.8. The standard InChI is InChI=1S/C22H16N4O2/c23-21-25-22(13-27-21)15-7-1-2-8-17(15)28-18-9-5-6-14(20(18)22)16-12-24-19-10-3-4-11-26(16)19/h1-12H,13H2,(H2,23,25). The van der Waals surface area contributed by atoms with Crippen molar-refractivity contribution in [3.8, 4) is 22.8 Å². The third kappa shape index (κ3) is 1.91. The molecule has 28 heavy (non-hydrogen) atoms. The molecule has 0 bridgehead atoms. The van der Waals surface area contributed by atoms with Gasteiger partial charge in [0.05, 0.1) is 11.9 Å². The Morgan fingerprint density at radius 2 is 1.82 bits per heavy atom. The summed E-state index contributed by atoms with van der Waals surface area (Å²) in [5.74, 6) is 1.52. The van der Waals surface area contributed by atoms with E-state index in [1.807, 2.05) is 67.0 Å². The van der Waals surface area contributed by atoms with Crippen LogP contribution in [0.3, 0.4) is 0 Å². The minimum absolute atomic E-state index is 0.190. The van der Waals surface area contributed by atoms with Crippen LogP contribution in [0.2, 0.25) is 0 Å². The van der Waals surface area contributed by atoms with Gasteiger partial charge in [-0.25, -0.2) is 9.98 Å². The van der Waals surface area contributed by atoms with Crippen molar-refractivity contribution in [1.82, 2.24) is 9.38 Å². The first-order valence-electron chi connectivity index (χ1n) is 9.08. The van der Waals surface area contributed by atoms with E-state index < -0.39 is 5.54 Å². The summed E-state index contributed by atoms with van der Waals surface area (Å²) >= 11 is 0. The fourth-order valence-electron chi connectivity index (χ4n) is 4.24. The number of nitrogens with two attached hydrogens (primary N) is 1. The quantitative estimate of drug-likeness (QED) is 0.556. The molecule has 4 aromatic rings. The van der Waals surface area contributed by atoms with Gasteiger partial charge in [0.25, 0.3) is 6.02 Å². The molecule has 2 aromatic heterocycles. The van der Waals surface area contributed by atoms with Crippen LogP contribution in [0.15, 0.2) is 78.0 Å². The minimum atomic E-state index is -0.746. The SMILES string of the molecule is NC1=NC2(CO1)c1ccccc1Oc1cccc(-c3cnc4ccccn34)c12. The van der Waals surface area contributed by atoms with E-state index >= 15 is 0 Å². The van der Waals surface area contributed by atoms with E-state index in [2.05, 4.69) is 15.5 Å². The summed E-state index contributed by atoms with van der Waals surface area (Å²) in [4.78, 5) is 9.32. The third-order valence-electron chi connectivity index (χ3n) is 5.42. The lowest BCUT2D eigenvalue weighted by molar-refractivity contribution is 0.265. The maximum absolute atomic E-state index is 6.25. The Labute approximate surface area is 160 Å². The van der Waals surface area contributed by atoms with Crippen LogP contribution in [-0.4, -0.2) is 22.0 Å². The lowest BCUT2D eigenvalue weighted by Crippen LogP contribution is -2.31. The van der Waals surface area contributed by atoms with Gasteiger partial charge in [-0.1, -0.05) is 36.4 Å². The molecule has 0 amide bonds. The second kappa shape index (κ2) is 5.36. The lowest BCUT2D eigenvalue weighted by atomic mass is 9.78. The molecular formula is C22H16N4O2. The van der Waals surface area contributed by atoms with Gasteiger partial charge < -0.3 is 15.2 Å². The van der Waals surface area contributed by atoms with Crippen molar-refractivity contribution in [3.05, 3.63) is 84.2 Å². The van der Waals surface area contributed by atoms with E-state index in [0.29, 0.717) is 6.61 Å². The summed E-state index contributed by atoms with van der Waals surface area (Å²) in [6.07, 6.45) is 3.88. The molecule has 0 saturated heterocycles. The molecule has 1 unspecified atom stereocenters. The summed E-state index contributed by atoms with van der Waals surface area (Å²) in [5.41, 5.74) is 9.97. The Morgan fingerprint density at radius 3 is 2.71 bits per heavy atom. The molecule has 0 saturated carbocycles. The summed E-state index contributed by atoms with van der Waals surface area (Å²) < 4.78 is 14.0. The van der Waals surface area contributed by atoms with Gasteiger partial charge in [0, 0.05) is 22.9 Å². The van der Waals surface area contributed by atoms with Gasteiger partial charge in [0.15, 0.2) is 5.54 Å². The molecule has 6 heteroatoms. The smallest absolute Gasteiger partial charge is 0.283 e. The summed E-state index contributed by atoms with van der Waals surface area (Å²) in [5, 5.41) is 0. The number of fused-ring (bicyclic) bond motifs is 5. The number of imidazole rings is 1. The number of para-hydroxylation sites is 1. The van der Waals surface area contributed by atoms with Crippen LogP contribution in [0.4, 0.5) is 0 Å². The van der Waals surface area contributed by atoms with Crippen molar-refractivity contribution in [1.29, 1.82) is 0 Å². The number of ether oxygens (including phenoxy) is 2. The predicted molar refractivity (Wildman–Crippen MR) is 105 cm³/mol. The van der Waals surface area contributed by atoms with E-state index in [0.717, 1.165) is 39.5 Å². The van der Waals surface area contributed by atoms with Crippen molar-refractivity contribution >= 4 is 11.7 Å². The molecule has 0 aliphatic carbocycles. The first-order valence-corrected chi connectivity index (χ1v) is 9.08. The molecule has 0 fully saturated rings. The second-order valence-corrected chi connectivity index (χ2v) is 6.95. The van der Waals surface area contributed by atoms with Gasteiger partial charge in [-0.05, 0) is 24.3 Å². The Balaban J connectivity index is 1.70. The molecular weight excluding hydrogens is 352 g/mol. The molecule has 6 rings (SSSR count). The average Bonchev–Trinajstić information content (AvgIpc) is 3.32. The Hall–Kier alpha value is -3.80. The number of pyridine rings is 1. The minimum Gasteiger partial charge on any atom is -0.462 e. The van der Waals surface area contributed by atoms with E-state index in [9.17, 15) is 0 Å². The molecule has 4 heterocycles. The van der Waals surface area contributed by atoms with Crippen LogP contribution in [0.5, 0.6) is 11.5 Å². The number of nitrogens with zero attached hydrogens (tertiary/aromatic N) is 3. The summed E-state index contributed by atoms with van der Waals surface area (Å²) in [6, 6.07) is 20.1. The number of amidine groups is 1. The van der Waals surface area contributed by atoms with Crippen LogP contribution >= 0.6 is 0 Å². The molecule has 1 atom stereocenters. The van der Waals surface area contributed by atoms with Gasteiger partial charge in [-0.2, -0.15) is 0 Å². The van der Waals surface area contributed by atoms with E-state index in [1.165, 1.54) is 0 Å². The summed E-state index contributed by atoms with van der Waals surface area (Å²) in [6.45, 7) is 0.333. The average molecular weight is 368 g/mol. The van der Waals surface area contributed by atoms with E-state index in [-0.39, 0.29) is 6.02 Å². The van der Waals surface area contributed by atoms with E-state index in [4.69, 9.17) is 20.2 Å². The number of aromatic nitrogens is 2. The normalized spacial score (nSPS) is 19.6. The van der Waals surface area contributed by atoms with Crippen molar-refractivity contribution in [3.63, 3.8) is 0 Å². The van der Waals surface area contributed by atoms with Crippen LogP contribution < -0.4 is 10.5 Å². The molecule has 2 aliphatic rings. The van der Waals surface area contributed by atoms with Crippen LogP contribution in [0, 0.1) is 0 Å². The third-order valence-corrected chi connectivity index (χ3v) is 5.42. The van der Waals surface area contributed by atoms with Crippen LogP contribution in [0.25, 0.3) is 16.9 Å². The largest absolute Gasteiger partial charge is 0.462 e. The number of rotatable bonds is 1. The Kier molecular flexibility index (Phi) is 2.92. The van der Waals surface area contributed by atoms with Gasteiger partial charge in [0.1, 0.15) is 23.8 Å². The second-order valence-electron chi connectivity index (χ2n) is 6.95. The number of hydrogen-bond acceptors (Lipinski definition) is 5. The highest BCUT2D eigenvalue weighted by Gasteiger charge is 2.48. The Morgan fingerprint density at radius 1 is 0.964 bits per heavy atom. The van der Waals surface area contributed by atoms with E-state index in [1.54, 1.807) is 0 Å². The number of hydrogen-bond donors (Lipinski definition) is 1. The monoisotopic (exact) mass is 368 g/mol. The maximum Gasteiger partial charge on any atom is 0.283 e.